The maximum Gasteiger partial charge on any atom is 0.256 e. The molecule has 0 aliphatic carbocycles. The fraction of sp³-hybridized carbons (Fsp3) is 0.235. The van der Waals surface area contributed by atoms with Crippen LogP contribution in [0.1, 0.15) is 21.5 Å². The number of rotatable bonds is 1. The Morgan fingerprint density at radius 2 is 1.67 bits per heavy atom. The number of nitrogens with zero attached hydrogens (tertiary/aromatic N) is 1. The van der Waals surface area contributed by atoms with Gasteiger partial charge in [-0.25, -0.2) is 4.39 Å². The number of nitrogen functional groups attached to an aromatic ring is 1. The third kappa shape index (κ3) is 2.75. The van der Waals surface area contributed by atoms with E-state index in [2.05, 4.69) is 12.1 Å². The van der Waals surface area contributed by atoms with Crippen molar-refractivity contribution in [2.24, 2.45) is 0 Å². The minimum Gasteiger partial charge on any atom is -0.399 e. The molecular formula is C17H17FN2O. The lowest BCUT2D eigenvalue weighted by Gasteiger charge is -2.20. The summed E-state index contributed by atoms with van der Waals surface area (Å²) in [4.78, 5) is 14.2. The molecule has 4 heteroatoms. The van der Waals surface area contributed by atoms with E-state index in [4.69, 9.17) is 5.73 Å². The Hall–Kier alpha value is -2.36. The van der Waals surface area contributed by atoms with Gasteiger partial charge in [0.1, 0.15) is 5.82 Å². The van der Waals surface area contributed by atoms with Gasteiger partial charge in [0, 0.05) is 18.8 Å². The Labute approximate surface area is 123 Å². The van der Waals surface area contributed by atoms with Crippen LogP contribution < -0.4 is 5.73 Å². The van der Waals surface area contributed by atoms with Crippen LogP contribution in [-0.2, 0) is 12.8 Å². The van der Waals surface area contributed by atoms with Crippen molar-refractivity contribution in [2.75, 3.05) is 18.8 Å². The van der Waals surface area contributed by atoms with E-state index in [1.807, 2.05) is 12.1 Å². The minimum atomic E-state index is -0.518. The number of nitrogens with two attached hydrogens (primary N) is 1. The van der Waals surface area contributed by atoms with Gasteiger partial charge in [0.05, 0.1) is 5.56 Å². The second-order valence-corrected chi connectivity index (χ2v) is 5.30. The Balaban J connectivity index is 1.82. The fourth-order valence-corrected chi connectivity index (χ4v) is 2.75. The number of halogens is 1. The van der Waals surface area contributed by atoms with Gasteiger partial charge in [-0.15, -0.1) is 0 Å². The second kappa shape index (κ2) is 5.56. The highest BCUT2D eigenvalue weighted by atomic mass is 19.1. The molecule has 0 spiro atoms. The van der Waals surface area contributed by atoms with Gasteiger partial charge in [0.15, 0.2) is 0 Å². The molecule has 0 bridgehead atoms. The minimum absolute atomic E-state index is 0.0564. The normalized spacial score (nSPS) is 14.4. The molecule has 21 heavy (non-hydrogen) atoms. The van der Waals surface area contributed by atoms with Crippen LogP contribution in [0.3, 0.4) is 0 Å². The monoisotopic (exact) mass is 284 g/mol. The largest absolute Gasteiger partial charge is 0.399 e. The van der Waals surface area contributed by atoms with E-state index in [1.165, 1.54) is 29.3 Å². The van der Waals surface area contributed by atoms with Gasteiger partial charge in [0.25, 0.3) is 5.91 Å². The van der Waals surface area contributed by atoms with E-state index in [-0.39, 0.29) is 11.5 Å². The number of fused-ring (bicyclic) bond motifs is 1. The lowest BCUT2D eigenvalue weighted by atomic mass is 10.0. The first-order valence-corrected chi connectivity index (χ1v) is 7.06. The first-order valence-electron chi connectivity index (χ1n) is 7.06. The van der Waals surface area contributed by atoms with Gasteiger partial charge in [-0.3, -0.25) is 4.79 Å². The highest BCUT2D eigenvalue weighted by Gasteiger charge is 2.22. The summed E-state index contributed by atoms with van der Waals surface area (Å²) in [6.45, 7) is 1.20. The Bertz CT molecular complexity index is 657. The van der Waals surface area contributed by atoms with E-state index in [0.717, 1.165) is 12.8 Å². The molecule has 1 heterocycles. The van der Waals surface area contributed by atoms with Gasteiger partial charge in [-0.05, 0) is 42.2 Å². The predicted molar refractivity (Wildman–Crippen MR) is 80.6 cm³/mol. The molecule has 0 saturated heterocycles. The van der Waals surface area contributed by atoms with E-state index >= 15 is 0 Å². The molecule has 1 aliphatic rings. The summed E-state index contributed by atoms with van der Waals surface area (Å²) in [5.41, 5.74) is 8.64. The van der Waals surface area contributed by atoms with Gasteiger partial charge in [-0.1, -0.05) is 24.3 Å². The molecule has 0 radical (unpaired) electrons. The maximum atomic E-state index is 13.8. The van der Waals surface area contributed by atoms with Gasteiger partial charge in [0.2, 0.25) is 0 Å². The van der Waals surface area contributed by atoms with Crippen molar-refractivity contribution in [1.29, 1.82) is 0 Å². The van der Waals surface area contributed by atoms with Crippen molar-refractivity contribution >= 4 is 11.6 Å². The second-order valence-electron chi connectivity index (χ2n) is 5.30. The first kappa shape index (κ1) is 13.6. The lowest BCUT2D eigenvalue weighted by Crippen LogP contribution is -2.33. The number of benzene rings is 2. The zero-order valence-electron chi connectivity index (χ0n) is 11.7. The third-order valence-electron chi connectivity index (χ3n) is 3.93. The van der Waals surface area contributed by atoms with Crippen LogP contribution in [-0.4, -0.2) is 23.9 Å². The molecular weight excluding hydrogens is 267 g/mol. The third-order valence-corrected chi connectivity index (χ3v) is 3.93. The Morgan fingerprint density at radius 1 is 1.05 bits per heavy atom. The van der Waals surface area contributed by atoms with Crippen molar-refractivity contribution in [2.45, 2.75) is 12.8 Å². The standard InChI is InChI=1S/C17H17FN2O/c18-16-6-5-14(19)11-15(16)17(21)20-9-7-12-3-1-2-4-13(12)8-10-20/h1-6,11H,7-10,19H2. The van der Waals surface area contributed by atoms with Gasteiger partial charge >= 0.3 is 0 Å². The SMILES string of the molecule is Nc1ccc(F)c(C(=O)N2CCc3ccccc3CC2)c1. The van der Waals surface area contributed by atoms with Crippen molar-refractivity contribution < 1.29 is 9.18 Å². The molecule has 2 aromatic rings. The Morgan fingerprint density at radius 3 is 2.29 bits per heavy atom. The van der Waals surface area contributed by atoms with Gasteiger partial charge in [-0.2, -0.15) is 0 Å². The van der Waals surface area contributed by atoms with E-state index in [0.29, 0.717) is 18.8 Å². The zero-order chi connectivity index (χ0) is 14.8. The number of carbonyl (C=O) groups excluding carboxylic acids is 1. The molecule has 0 atom stereocenters. The van der Waals surface area contributed by atoms with Crippen LogP contribution in [0.2, 0.25) is 0 Å². The van der Waals surface area contributed by atoms with Crippen molar-refractivity contribution in [3.63, 3.8) is 0 Å². The van der Waals surface area contributed by atoms with Gasteiger partial charge < -0.3 is 10.6 Å². The predicted octanol–water partition coefficient (Wildman–Crippen LogP) is 2.65. The molecule has 0 saturated carbocycles. The molecule has 3 nitrogen and oxygen atoms in total. The van der Waals surface area contributed by atoms with Crippen LogP contribution in [0.25, 0.3) is 0 Å². The van der Waals surface area contributed by atoms with Crippen LogP contribution in [0.4, 0.5) is 10.1 Å². The molecule has 2 N–H and O–H groups in total. The number of carbonyl (C=O) groups is 1. The summed E-state index contributed by atoms with van der Waals surface area (Å²) in [6.07, 6.45) is 1.59. The molecule has 1 amide bonds. The summed E-state index contributed by atoms with van der Waals surface area (Å²) in [6, 6.07) is 12.3. The average molecular weight is 284 g/mol. The molecule has 0 fully saturated rings. The summed E-state index contributed by atoms with van der Waals surface area (Å²) < 4.78 is 13.8. The summed E-state index contributed by atoms with van der Waals surface area (Å²) in [5.74, 6) is -0.802. The fourth-order valence-electron chi connectivity index (χ4n) is 2.75. The van der Waals surface area contributed by atoms with Crippen LogP contribution in [0, 0.1) is 5.82 Å². The highest BCUT2D eigenvalue weighted by molar-refractivity contribution is 5.95. The quantitative estimate of drug-likeness (QED) is 0.818. The number of hydrogen-bond acceptors (Lipinski definition) is 2. The first-order chi connectivity index (χ1) is 10.1. The summed E-state index contributed by atoms with van der Waals surface area (Å²) >= 11 is 0. The highest BCUT2D eigenvalue weighted by Crippen LogP contribution is 2.19. The Kier molecular flexibility index (Phi) is 3.60. The summed E-state index contributed by atoms with van der Waals surface area (Å²) in [5, 5.41) is 0. The van der Waals surface area contributed by atoms with E-state index in [9.17, 15) is 9.18 Å². The molecule has 1 aliphatic heterocycles. The number of amides is 1. The smallest absolute Gasteiger partial charge is 0.256 e. The van der Waals surface area contributed by atoms with Crippen LogP contribution >= 0.6 is 0 Å². The molecule has 2 aromatic carbocycles. The van der Waals surface area contributed by atoms with Crippen molar-refractivity contribution in [3.8, 4) is 0 Å². The zero-order valence-corrected chi connectivity index (χ0v) is 11.7. The molecule has 3 rings (SSSR count). The molecule has 0 aromatic heterocycles. The summed E-state index contributed by atoms with van der Waals surface area (Å²) in [7, 11) is 0. The van der Waals surface area contributed by atoms with Crippen LogP contribution in [0.15, 0.2) is 42.5 Å². The maximum absolute atomic E-state index is 13.8. The van der Waals surface area contributed by atoms with Crippen molar-refractivity contribution in [1.82, 2.24) is 4.90 Å². The van der Waals surface area contributed by atoms with Crippen molar-refractivity contribution in [3.05, 3.63) is 65.0 Å². The average Bonchev–Trinajstić information content (AvgIpc) is 2.71. The van der Waals surface area contributed by atoms with E-state index < -0.39 is 5.82 Å². The molecule has 0 unspecified atom stereocenters. The topological polar surface area (TPSA) is 46.3 Å². The molecule has 108 valence electrons. The lowest BCUT2D eigenvalue weighted by molar-refractivity contribution is 0.0758. The van der Waals surface area contributed by atoms with E-state index in [1.54, 1.807) is 4.90 Å². The van der Waals surface area contributed by atoms with Crippen LogP contribution in [0.5, 0.6) is 0 Å². The number of hydrogen-bond donors (Lipinski definition) is 1. The number of anilines is 1.